The lowest BCUT2D eigenvalue weighted by Crippen LogP contribution is -1.88. The van der Waals surface area contributed by atoms with Crippen LogP contribution < -0.4 is 4.74 Å². The maximum atomic E-state index is 10.1. The minimum Gasteiger partial charge on any atom is -0.497 e. The summed E-state index contributed by atoms with van der Waals surface area (Å²) in [5.41, 5.74) is 1.14. The molecule has 0 saturated heterocycles. The fraction of sp³-hybridized carbons (Fsp3) is 0.300. The summed E-state index contributed by atoms with van der Waals surface area (Å²) in [6, 6.07) is 7.76. The molecule has 0 fully saturated rings. The largest absolute Gasteiger partial charge is 0.497 e. The second-order valence-electron chi connectivity index (χ2n) is 2.56. The average Bonchev–Trinajstić information content (AvgIpc) is 2.15. The monoisotopic (exact) mass is 164 g/mol. The minimum absolute atomic E-state index is 0.577. The third-order valence-electron chi connectivity index (χ3n) is 1.69. The van der Waals surface area contributed by atoms with E-state index in [0.717, 1.165) is 24.0 Å². The predicted octanol–water partition coefficient (Wildman–Crippen LogP) is 1.83. The van der Waals surface area contributed by atoms with Gasteiger partial charge in [0.2, 0.25) is 0 Å². The van der Waals surface area contributed by atoms with Gasteiger partial charge in [0.15, 0.2) is 0 Å². The van der Waals surface area contributed by atoms with Crippen molar-refractivity contribution < 1.29 is 9.53 Å². The molecule has 0 spiro atoms. The topological polar surface area (TPSA) is 26.3 Å². The van der Waals surface area contributed by atoms with Gasteiger partial charge in [-0.05, 0) is 24.1 Å². The van der Waals surface area contributed by atoms with Gasteiger partial charge in [-0.25, -0.2) is 0 Å². The fourth-order valence-electron chi connectivity index (χ4n) is 1.05. The molecule has 0 amide bonds. The molecule has 0 N–H and O–H groups in total. The zero-order chi connectivity index (χ0) is 8.81. The van der Waals surface area contributed by atoms with Crippen molar-refractivity contribution in [3.8, 4) is 5.75 Å². The Morgan fingerprint density at radius 2 is 2.33 bits per heavy atom. The van der Waals surface area contributed by atoms with Crippen molar-refractivity contribution >= 4 is 6.29 Å². The Morgan fingerprint density at radius 1 is 1.50 bits per heavy atom. The van der Waals surface area contributed by atoms with Gasteiger partial charge in [-0.15, -0.1) is 0 Å². The Hall–Kier alpha value is -1.31. The highest BCUT2D eigenvalue weighted by molar-refractivity contribution is 5.50. The summed E-state index contributed by atoms with van der Waals surface area (Å²) in [4.78, 5) is 10.1. The van der Waals surface area contributed by atoms with Crippen LogP contribution in [-0.4, -0.2) is 13.4 Å². The summed E-state index contributed by atoms with van der Waals surface area (Å²) in [5.74, 6) is 0.846. The zero-order valence-electron chi connectivity index (χ0n) is 7.12. The lowest BCUT2D eigenvalue weighted by Gasteiger charge is -2.01. The zero-order valence-corrected chi connectivity index (χ0v) is 7.12. The first-order valence-corrected chi connectivity index (χ1v) is 3.93. The van der Waals surface area contributed by atoms with Crippen molar-refractivity contribution in [2.45, 2.75) is 12.8 Å². The lowest BCUT2D eigenvalue weighted by atomic mass is 10.1. The van der Waals surface area contributed by atoms with E-state index in [0.29, 0.717) is 6.42 Å². The second-order valence-corrected chi connectivity index (χ2v) is 2.56. The lowest BCUT2D eigenvalue weighted by molar-refractivity contribution is -0.107. The van der Waals surface area contributed by atoms with Crippen LogP contribution >= 0.6 is 0 Å². The van der Waals surface area contributed by atoms with Crippen LogP contribution in [0.3, 0.4) is 0 Å². The van der Waals surface area contributed by atoms with Crippen LogP contribution in [0.1, 0.15) is 12.0 Å². The van der Waals surface area contributed by atoms with E-state index in [-0.39, 0.29) is 0 Å². The maximum Gasteiger partial charge on any atom is 0.120 e. The van der Waals surface area contributed by atoms with Crippen molar-refractivity contribution in [3.05, 3.63) is 29.8 Å². The quantitative estimate of drug-likeness (QED) is 0.634. The van der Waals surface area contributed by atoms with Crippen LogP contribution in [0.15, 0.2) is 24.3 Å². The van der Waals surface area contributed by atoms with E-state index in [9.17, 15) is 4.79 Å². The number of aldehydes is 1. The van der Waals surface area contributed by atoms with E-state index < -0.39 is 0 Å². The Balaban J connectivity index is 2.65. The van der Waals surface area contributed by atoms with Gasteiger partial charge >= 0.3 is 0 Å². The molecule has 0 aliphatic heterocycles. The molecule has 0 bridgehead atoms. The van der Waals surface area contributed by atoms with Crippen LogP contribution in [0, 0.1) is 0 Å². The van der Waals surface area contributed by atoms with Crippen LogP contribution in [0.25, 0.3) is 0 Å². The van der Waals surface area contributed by atoms with Gasteiger partial charge in [0, 0.05) is 6.42 Å². The molecule has 64 valence electrons. The van der Waals surface area contributed by atoms with E-state index in [4.69, 9.17) is 4.74 Å². The van der Waals surface area contributed by atoms with Crippen LogP contribution in [0.5, 0.6) is 5.75 Å². The molecular formula is C10H12O2. The van der Waals surface area contributed by atoms with Gasteiger partial charge in [-0.3, -0.25) is 0 Å². The van der Waals surface area contributed by atoms with Gasteiger partial charge in [0.25, 0.3) is 0 Å². The summed E-state index contributed by atoms with van der Waals surface area (Å²) < 4.78 is 5.05. The van der Waals surface area contributed by atoms with Crippen LogP contribution in [0.4, 0.5) is 0 Å². The Kier molecular flexibility index (Phi) is 3.33. The molecule has 0 aliphatic rings. The molecule has 0 saturated carbocycles. The predicted molar refractivity (Wildman–Crippen MR) is 47.4 cm³/mol. The number of ether oxygens (including phenoxy) is 1. The van der Waals surface area contributed by atoms with E-state index in [2.05, 4.69) is 0 Å². The molecule has 2 heteroatoms. The van der Waals surface area contributed by atoms with Crippen molar-refractivity contribution in [2.75, 3.05) is 7.11 Å². The van der Waals surface area contributed by atoms with E-state index in [1.165, 1.54) is 0 Å². The molecule has 0 unspecified atom stereocenters. The summed E-state index contributed by atoms with van der Waals surface area (Å²) in [6.45, 7) is 0. The molecule has 0 heterocycles. The van der Waals surface area contributed by atoms with Gasteiger partial charge in [-0.1, -0.05) is 12.1 Å². The maximum absolute atomic E-state index is 10.1. The minimum atomic E-state index is 0.577. The normalized spacial score (nSPS) is 9.42. The molecule has 0 radical (unpaired) electrons. The van der Waals surface area contributed by atoms with E-state index in [1.807, 2.05) is 24.3 Å². The Bertz CT molecular complexity index is 256. The summed E-state index contributed by atoms with van der Waals surface area (Å²) in [7, 11) is 1.64. The summed E-state index contributed by atoms with van der Waals surface area (Å²) >= 11 is 0. The number of aryl methyl sites for hydroxylation is 1. The standard InChI is InChI=1S/C10H12O2/c1-12-10-6-2-4-9(8-10)5-3-7-11/h2,4,6-8H,3,5H2,1H3. The van der Waals surface area contributed by atoms with Gasteiger partial charge in [0.1, 0.15) is 12.0 Å². The van der Waals surface area contributed by atoms with Gasteiger partial charge < -0.3 is 9.53 Å². The SMILES string of the molecule is COc1cccc(CCC=O)c1. The Labute approximate surface area is 72.2 Å². The molecule has 2 nitrogen and oxygen atoms in total. The first-order chi connectivity index (χ1) is 5.86. The molecule has 1 rings (SSSR count). The molecule has 0 atom stereocenters. The number of hydrogen-bond acceptors (Lipinski definition) is 2. The van der Waals surface area contributed by atoms with Crippen LogP contribution in [0.2, 0.25) is 0 Å². The Morgan fingerprint density at radius 3 is 3.00 bits per heavy atom. The molecule has 12 heavy (non-hydrogen) atoms. The fourth-order valence-corrected chi connectivity index (χ4v) is 1.05. The summed E-state index contributed by atoms with van der Waals surface area (Å²) in [5, 5.41) is 0. The number of methoxy groups -OCH3 is 1. The highest BCUT2D eigenvalue weighted by atomic mass is 16.5. The number of carbonyl (C=O) groups is 1. The first-order valence-electron chi connectivity index (χ1n) is 3.93. The molecular weight excluding hydrogens is 152 g/mol. The third kappa shape index (κ3) is 2.38. The smallest absolute Gasteiger partial charge is 0.120 e. The second kappa shape index (κ2) is 4.54. The van der Waals surface area contributed by atoms with Crippen molar-refractivity contribution in [1.82, 2.24) is 0 Å². The number of benzene rings is 1. The third-order valence-corrected chi connectivity index (χ3v) is 1.69. The molecule has 1 aromatic rings. The van der Waals surface area contributed by atoms with Crippen LogP contribution in [-0.2, 0) is 11.2 Å². The number of carbonyl (C=O) groups excluding carboxylic acids is 1. The van der Waals surface area contributed by atoms with E-state index >= 15 is 0 Å². The van der Waals surface area contributed by atoms with Crippen molar-refractivity contribution in [1.29, 1.82) is 0 Å². The highest BCUT2D eigenvalue weighted by Gasteiger charge is 1.94. The number of rotatable bonds is 4. The highest BCUT2D eigenvalue weighted by Crippen LogP contribution is 2.13. The molecule has 0 aliphatic carbocycles. The van der Waals surface area contributed by atoms with Crippen molar-refractivity contribution in [2.24, 2.45) is 0 Å². The molecule has 0 aromatic heterocycles. The first kappa shape index (κ1) is 8.78. The van der Waals surface area contributed by atoms with Gasteiger partial charge in [0.05, 0.1) is 7.11 Å². The molecule has 1 aromatic carbocycles. The van der Waals surface area contributed by atoms with Crippen molar-refractivity contribution in [3.63, 3.8) is 0 Å². The van der Waals surface area contributed by atoms with E-state index in [1.54, 1.807) is 7.11 Å². The summed E-state index contributed by atoms with van der Waals surface area (Å²) in [6.07, 6.45) is 2.30. The number of hydrogen-bond donors (Lipinski definition) is 0. The van der Waals surface area contributed by atoms with Gasteiger partial charge in [-0.2, -0.15) is 0 Å². The average molecular weight is 164 g/mol.